The highest BCUT2D eigenvalue weighted by atomic mass is 32.2. The van der Waals surface area contributed by atoms with Crippen LogP contribution in [0.25, 0.3) is 0 Å². The predicted octanol–water partition coefficient (Wildman–Crippen LogP) is 3.29. The van der Waals surface area contributed by atoms with Crippen molar-refractivity contribution in [2.45, 2.75) is 11.7 Å². The maximum atomic E-state index is 11.6. The van der Waals surface area contributed by atoms with E-state index in [9.17, 15) is 14.4 Å². The quantitative estimate of drug-likeness (QED) is 0.332. The van der Waals surface area contributed by atoms with Gasteiger partial charge in [0.1, 0.15) is 35.2 Å². The van der Waals surface area contributed by atoms with E-state index in [1.54, 1.807) is 6.20 Å². The van der Waals surface area contributed by atoms with E-state index >= 15 is 0 Å². The molecule has 2 aromatic carbocycles. The fraction of sp³-hybridized carbons (Fsp3) is 0.200. The lowest BCUT2D eigenvalue weighted by Gasteiger charge is -2.18. The summed E-state index contributed by atoms with van der Waals surface area (Å²) in [6.07, 6.45) is 2.30. The second-order valence-electron chi connectivity index (χ2n) is 7.70. The Hall–Kier alpha value is -4.25. The number of imide groups is 1. The Kier molecular flexibility index (Phi) is 9.12. The minimum absolute atomic E-state index is 0.180. The minimum atomic E-state index is -1.27. The van der Waals surface area contributed by atoms with Crippen LogP contribution >= 0.6 is 11.8 Å². The number of pyridine rings is 1. The second kappa shape index (κ2) is 12.5. The summed E-state index contributed by atoms with van der Waals surface area (Å²) < 4.78 is 5.75. The first kappa shape index (κ1) is 26.4. The van der Waals surface area contributed by atoms with Gasteiger partial charge in [0.15, 0.2) is 0 Å². The molecule has 1 fully saturated rings. The number of carbonyl (C=O) groups excluding carboxylic acids is 2. The van der Waals surface area contributed by atoms with Crippen LogP contribution in [0.15, 0.2) is 66.9 Å². The van der Waals surface area contributed by atoms with Crippen molar-refractivity contribution in [3.05, 3.63) is 78.0 Å². The third-order valence-electron chi connectivity index (χ3n) is 5.06. The number of phenolic OH excluding ortho intramolecular Hbond substituents is 1. The maximum absolute atomic E-state index is 11.6. The highest BCUT2D eigenvalue weighted by molar-refractivity contribution is 8.15. The Labute approximate surface area is 211 Å². The van der Waals surface area contributed by atoms with Gasteiger partial charge in [0.05, 0.1) is 11.8 Å². The van der Waals surface area contributed by atoms with Gasteiger partial charge in [0.25, 0.3) is 5.24 Å². The summed E-state index contributed by atoms with van der Waals surface area (Å²) in [5.41, 5.74) is 0.699. The predicted molar refractivity (Wildman–Crippen MR) is 135 cm³/mol. The van der Waals surface area contributed by atoms with E-state index in [1.807, 2.05) is 54.4 Å². The molecular formula is C25H25N3O7S. The van der Waals surface area contributed by atoms with E-state index in [1.165, 1.54) is 6.07 Å². The highest BCUT2D eigenvalue weighted by Gasteiger charge is 2.31. The van der Waals surface area contributed by atoms with Crippen molar-refractivity contribution in [2.75, 3.05) is 25.1 Å². The molecule has 4 rings (SSSR count). The van der Waals surface area contributed by atoms with Crippen LogP contribution < -0.4 is 15.0 Å². The smallest absolute Gasteiger partial charge is 0.339 e. The Morgan fingerprint density at radius 3 is 2.44 bits per heavy atom. The molecule has 188 valence electrons. The zero-order chi connectivity index (χ0) is 26.1. The molecule has 1 unspecified atom stereocenters. The van der Waals surface area contributed by atoms with Gasteiger partial charge < -0.3 is 25.0 Å². The van der Waals surface area contributed by atoms with Crippen LogP contribution in [0, 0.1) is 0 Å². The molecule has 4 N–H and O–H groups in total. The molecule has 10 nitrogen and oxygen atoms in total. The summed E-state index contributed by atoms with van der Waals surface area (Å²) >= 11 is 1.05. The largest absolute Gasteiger partial charge is 0.508 e. The summed E-state index contributed by atoms with van der Waals surface area (Å²) in [4.78, 5) is 39.4. The van der Waals surface area contributed by atoms with Gasteiger partial charge >= 0.3 is 5.97 Å². The SMILES string of the molecule is CN(CCOc1ccc(CC2SC(=O)NC2=O)cc1)c1ccccn1.O=C(O)c1cc(O)ccc1O. The van der Waals surface area contributed by atoms with Crippen LogP contribution in [-0.2, 0) is 11.2 Å². The number of hydrogen-bond donors (Lipinski definition) is 4. The van der Waals surface area contributed by atoms with Gasteiger partial charge in [-0.3, -0.25) is 14.9 Å². The molecule has 1 atom stereocenters. The molecular weight excluding hydrogens is 486 g/mol. The number of amides is 2. The van der Waals surface area contributed by atoms with Crippen molar-refractivity contribution in [1.29, 1.82) is 0 Å². The number of thioether (sulfide) groups is 1. The minimum Gasteiger partial charge on any atom is -0.508 e. The highest BCUT2D eigenvalue weighted by Crippen LogP contribution is 2.24. The number of ether oxygens (including phenoxy) is 1. The number of nitrogens with one attached hydrogen (secondary N) is 1. The molecule has 2 heterocycles. The normalized spacial score (nSPS) is 14.4. The van der Waals surface area contributed by atoms with Gasteiger partial charge in [-0.25, -0.2) is 9.78 Å². The molecule has 1 saturated heterocycles. The number of hydrogen-bond acceptors (Lipinski definition) is 9. The Bertz CT molecular complexity index is 1210. The van der Waals surface area contributed by atoms with Gasteiger partial charge in [0.2, 0.25) is 5.91 Å². The zero-order valence-corrected chi connectivity index (χ0v) is 20.1. The number of carboxylic acid groups (broad SMARTS) is 1. The Morgan fingerprint density at radius 2 is 1.86 bits per heavy atom. The molecule has 3 aromatic rings. The lowest BCUT2D eigenvalue weighted by Crippen LogP contribution is -2.25. The molecule has 1 aliphatic heterocycles. The Balaban J connectivity index is 0.000000275. The first-order valence-corrected chi connectivity index (χ1v) is 11.7. The fourth-order valence-electron chi connectivity index (χ4n) is 3.15. The summed E-state index contributed by atoms with van der Waals surface area (Å²) in [5, 5.41) is 27.8. The molecule has 2 amide bonds. The monoisotopic (exact) mass is 511 g/mol. The van der Waals surface area contributed by atoms with E-state index in [-0.39, 0.29) is 33.5 Å². The van der Waals surface area contributed by atoms with Gasteiger partial charge in [-0.15, -0.1) is 0 Å². The number of aromatic hydroxyl groups is 2. The number of carbonyl (C=O) groups is 3. The van der Waals surface area contributed by atoms with Gasteiger partial charge in [-0.05, 0) is 54.4 Å². The van der Waals surface area contributed by atoms with Gasteiger partial charge in [-0.2, -0.15) is 0 Å². The number of aromatic nitrogens is 1. The third kappa shape index (κ3) is 7.64. The number of benzene rings is 2. The van der Waals surface area contributed by atoms with Gasteiger partial charge in [0, 0.05) is 13.2 Å². The number of rotatable bonds is 8. The lowest BCUT2D eigenvalue weighted by atomic mass is 10.1. The van der Waals surface area contributed by atoms with Crippen LogP contribution in [0.3, 0.4) is 0 Å². The molecule has 36 heavy (non-hydrogen) atoms. The number of anilines is 1. The van der Waals surface area contributed by atoms with Gasteiger partial charge in [-0.1, -0.05) is 30.0 Å². The van der Waals surface area contributed by atoms with Crippen LogP contribution in [0.4, 0.5) is 10.6 Å². The molecule has 0 aliphatic carbocycles. The first-order chi connectivity index (χ1) is 17.2. The molecule has 1 aromatic heterocycles. The van der Waals surface area contributed by atoms with Crippen LogP contribution in [0.5, 0.6) is 17.2 Å². The van der Waals surface area contributed by atoms with Crippen molar-refractivity contribution in [3.8, 4) is 17.2 Å². The second-order valence-corrected chi connectivity index (χ2v) is 8.87. The van der Waals surface area contributed by atoms with E-state index in [0.29, 0.717) is 13.0 Å². The molecule has 0 bridgehead atoms. The fourth-order valence-corrected chi connectivity index (χ4v) is 4.01. The van der Waals surface area contributed by atoms with E-state index in [2.05, 4.69) is 10.3 Å². The summed E-state index contributed by atoms with van der Waals surface area (Å²) in [7, 11) is 1.97. The average molecular weight is 512 g/mol. The molecule has 0 radical (unpaired) electrons. The van der Waals surface area contributed by atoms with Crippen molar-refractivity contribution in [1.82, 2.24) is 10.3 Å². The standard InChI is InChI=1S/C18H19N3O3S.C7H6O4/c1-21(16-4-2-3-9-19-16)10-11-24-14-7-5-13(6-8-14)12-15-17(22)20-18(23)25-15;8-4-1-2-6(9)5(3-4)7(10)11/h2-9,15H,10-12H2,1H3,(H,20,22,23);1-3,8-9H,(H,10,11). The number of phenols is 2. The van der Waals surface area contributed by atoms with E-state index in [0.717, 1.165) is 47.6 Å². The maximum Gasteiger partial charge on any atom is 0.339 e. The van der Waals surface area contributed by atoms with E-state index < -0.39 is 5.97 Å². The van der Waals surface area contributed by atoms with Crippen molar-refractivity contribution in [3.63, 3.8) is 0 Å². The zero-order valence-electron chi connectivity index (χ0n) is 19.3. The van der Waals surface area contributed by atoms with E-state index in [4.69, 9.17) is 20.1 Å². The van der Waals surface area contributed by atoms with Crippen molar-refractivity contribution >= 4 is 34.7 Å². The number of likely N-dealkylation sites (N-methyl/N-ethyl adjacent to an activating group) is 1. The number of aromatic carboxylic acids is 1. The lowest BCUT2D eigenvalue weighted by molar-refractivity contribution is -0.118. The molecule has 11 heteroatoms. The topological polar surface area (TPSA) is 149 Å². The summed E-state index contributed by atoms with van der Waals surface area (Å²) in [5.74, 6) is -0.331. The average Bonchev–Trinajstić information content (AvgIpc) is 3.18. The summed E-state index contributed by atoms with van der Waals surface area (Å²) in [6, 6.07) is 16.7. The third-order valence-corrected chi connectivity index (χ3v) is 6.04. The summed E-state index contributed by atoms with van der Waals surface area (Å²) in [6.45, 7) is 1.27. The Morgan fingerprint density at radius 1 is 1.11 bits per heavy atom. The molecule has 0 saturated carbocycles. The molecule has 0 spiro atoms. The van der Waals surface area contributed by atoms with Crippen molar-refractivity contribution < 1.29 is 34.4 Å². The molecule has 1 aliphatic rings. The number of carboxylic acids is 1. The van der Waals surface area contributed by atoms with Crippen LogP contribution in [0.2, 0.25) is 0 Å². The van der Waals surface area contributed by atoms with Crippen LogP contribution in [-0.4, -0.2) is 62.9 Å². The first-order valence-electron chi connectivity index (χ1n) is 10.8. The van der Waals surface area contributed by atoms with Crippen LogP contribution in [0.1, 0.15) is 15.9 Å². The number of nitrogens with zero attached hydrogens (tertiary/aromatic N) is 2. The van der Waals surface area contributed by atoms with Crippen molar-refractivity contribution in [2.24, 2.45) is 0 Å².